The lowest BCUT2D eigenvalue weighted by molar-refractivity contribution is -0.139. The normalized spacial score (nSPS) is 29.6. The number of carbonyl (C=O) groups is 1. The van der Waals surface area contributed by atoms with Gasteiger partial charge in [0.2, 0.25) is 0 Å². The molecule has 6 heteroatoms. The third-order valence-corrected chi connectivity index (χ3v) is 8.03. The SMILES string of the molecule is O=C(NC[C@]1(c2ccccc2)CC[C@H]2[C@H](CC1)O[C@H](c1ccccc1)C[C@@H]2O)c1cscn1. The molecule has 1 amide bonds. The predicted molar refractivity (Wildman–Crippen MR) is 129 cm³/mol. The Morgan fingerprint density at radius 2 is 1.82 bits per heavy atom. The number of hydrogen-bond donors (Lipinski definition) is 2. The second kappa shape index (κ2) is 9.75. The van der Waals surface area contributed by atoms with Crippen molar-refractivity contribution < 1.29 is 14.6 Å². The lowest BCUT2D eigenvalue weighted by Gasteiger charge is -2.39. The van der Waals surface area contributed by atoms with Gasteiger partial charge in [0.25, 0.3) is 5.91 Å². The van der Waals surface area contributed by atoms with Crippen LogP contribution in [0.3, 0.4) is 0 Å². The highest BCUT2D eigenvalue weighted by Crippen LogP contribution is 2.46. The van der Waals surface area contributed by atoms with Crippen molar-refractivity contribution in [1.29, 1.82) is 0 Å². The van der Waals surface area contributed by atoms with Gasteiger partial charge in [0.05, 0.1) is 23.8 Å². The Morgan fingerprint density at radius 1 is 1.09 bits per heavy atom. The lowest BCUT2D eigenvalue weighted by Crippen LogP contribution is -2.41. The van der Waals surface area contributed by atoms with E-state index in [1.807, 2.05) is 24.3 Å². The Balaban J connectivity index is 1.37. The molecule has 2 N–H and O–H groups in total. The predicted octanol–water partition coefficient (Wildman–Crippen LogP) is 4.89. The van der Waals surface area contributed by atoms with Crippen molar-refractivity contribution in [2.75, 3.05) is 6.54 Å². The van der Waals surface area contributed by atoms with Crippen molar-refractivity contribution in [3.8, 4) is 0 Å². The van der Waals surface area contributed by atoms with E-state index in [1.165, 1.54) is 16.9 Å². The molecular formula is C27H30N2O3S. The van der Waals surface area contributed by atoms with Gasteiger partial charge in [0.1, 0.15) is 5.69 Å². The summed E-state index contributed by atoms with van der Waals surface area (Å²) in [4.78, 5) is 16.8. The molecule has 33 heavy (non-hydrogen) atoms. The highest BCUT2D eigenvalue weighted by molar-refractivity contribution is 7.07. The van der Waals surface area contributed by atoms with Crippen molar-refractivity contribution >= 4 is 17.2 Å². The summed E-state index contributed by atoms with van der Waals surface area (Å²) in [5.74, 6) is -0.0153. The molecule has 0 bridgehead atoms. The summed E-state index contributed by atoms with van der Waals surface area (Å²) in [6.07, 6.45) is 3.70. The van der Waals surface area contributed by atoms with E-state index in [0.717, 1.165) is 31.2 Å². The van der Waals surface area contributed by atoms with Crippen molar-refractivity contribution in [3.63, 3.8) is 0 Å². The van der Waals surface area contributed by atoms with E-state index in [9.17, 15) is 9.90 Å². The summed E-state index contributed by atoms with van der Waals surface area (Å²) in [6, 6.07) is 20.7. The van der Waals surface area contributed by atoms with E-state index in [2.05, 4.69) is 46.7 Å². The molecule has 172 valence electrons. The maximum atomic E-state index is 12.7. The molecular weight excluding hydrogens is 432 g/mol. The van der Waals surface area contributed by atoms with Crippen LogP contribution in [-0.2, 0) is 10.2 Å². The van der Waals surface area contributed by atoms with E-state index < -0.39 is 0 Å². The number of hydrogen-bond acceptors (Lipinski definition) is 5. The number of nitrogens with zero attached hydrogens (tertiary/aromatic N) is 1. The highest BCUT2D eigenvalue weighted by Gasteiger charge is 2.44. The molecule has 5 atom stereocenters. The van der Waals surface area contributed by atoms with Crippen LogP contribution in [0, 0.1) is 5.92 Å². The molecule has 1 saturated carbocycles. The molecule has 0 unspecified atom stereocenters. The van der Waals surface area contributed by atoms with Gasteiger partial charge in [-0.2, -0.15) is 0 Å². The molecule has 2 aromatic carbocycles. The van der Waals surface area contributed by atoms with Crippen molar-refractivity contribution in [1.82, 2.24) is 10.3 Å². The number of aliphatic hydroxyl groups excluding tert-OH is 1. The Morgan fingerprint density at radius 3 is 2.55 bits per heavy atom. The van der Waals surface area contributed by atoms with Crippen LogP contribution in [0.5, 0.6) is 0 Å². The maximum Gasteiger partial charge on any atom is 0.270 e. The average Bonchev–Trinajstić information content (AvgIpc) is 3.33. The topological polar surface area (TPSA) is 71.5 Å². The zero-order chi connectivity index (χ0) is 22.7. The van der Waals surface area contributed by atoms with E-state index in [4.69, 9.17) is 4.74 Å². The number of benzene rings is 2. The summed E-state index contributed by atoms with van der Waals surface area (Å²) >= 11 is 1.42. The number of fused-ring (bicyclic) bond motifs is 1. The van der Waals surface area contributed by atoms with Crippen LogP contribution in [0.1, 0.15) is 59.8 Å². The van der Waals surface area contributed by atoms with E-state index >= 15 is 0 Å². The first-order chi connectivity index (χ1) is 16.1. The van der Waals surface area contributed by atoms with Crippen LogP contribution in [0.4, 0.5) is 0 Å². The summed E-state index contributed by atoms with van der Waals surface area (Å²) in [5.41, 5.74) is 4.31. The zero-order valence-electron chi connectivity index (χ0n) is 18.6. The van der Waals surface area contributed by atoms with Gasteiger partial charge in [0, 0.05) is 29.7 Å². The molecule has 5 nitrogen and oxygen atoms in total. The highest BCUT2D eigenvalue weighted by atomic mass is 32.1. The second-order valence-corrected chi connectivity index (χ2v) is 10.0. The third-order valence-electron chi connectivity index (χ3n) is 7.44. The fourth-order valence-corrected chi connectivity index (χ4v) is 6.09. The van der Waals surface area contributed by atoms with E-state index in [-0.39, 0.29) is 35.6 Å². The monoisotopic (exact) mass is 462 g/mol. The van der Waals surface area contributed by atoms with Gasteiger partial charge in [-0.05, 0) is 36.8 Å². The van der Waals surface area contributed by atoms with Crippen LogP contribution in [-0.4, -0.2) is 34.8 Å². The van der Waals surface area contributed by atoms with Crippen LogP contribution < -0.4 is 5.32 Å². The Kier molecular flexibility index (Phi) is 6.58. The minimum atomic E-state index is -0.384. The molecule has 1 aliphatic heterocycles. The average molecular weight is 463 g/mol. The van der Waals surface area contributed by atoms with Crippen molar-refractivity contribution in [2.24, 2.45) is 5.92 Å². The van der Waals surface area contributed by atoms with Crippen LogP contribution in [0.2, 0.25) is 0 Å². The number of amides is 1. The Hall–Kier alpha value is -2.54. The van der Waals surface area contributed by atoms with Crippen LogP contribution in [0.25, 0.3) is 0 Å². The Bertz CT molecular complexity index is 1040. The number of rotatable bonds is 5. The fourth-order valence-electron chi connectivity index (χ4n) is 5.56. The van der Waals surface area contributed by atoms with Gasteiger partial charge in [-0.25, -0.2) is 4.98 Å². The lowest BCUT2D eigenvalue weighted by atomic mass is 9.73. The smallest absolute Gasteiger partial charge is 0.270 e. The summed E-state index contributed by atoms with van der Waals surface area (Å²) in [6.45, 7) is 0.547. The Labute approximate surface area is 198 Å². The number of aromatic nitrogens is 1. The standard InChI is InChI=1S/C27H30N2O3S/c30-23-15-25(19-7-3-1-4-8-19)32-24-12-14-27(13-11-21(23)24,20-9-5-2-6-10-20)17-28-26(31)22-16-33-18-29-22/h1-10,16,18,21,23-25,30H,11-15,17H2,(H,28,31)/t21-,23+,24+,25+,27+/m1/s1. The largest absolute Gasteiger partial charge is 0.393 e. The molecule has 2 fully saturated rings. The fraction of sp³-hybridized carbons (Fsp3) is 0.407. The first-order valence-corrected chi connectivity index (χ1v) is 12.7. The molecule has 0 spiro atoms. The molecule has 0 radical (unpaired) electrons. The van der Waals surface area contributed by atoms with Crippen molar-refractivity contribution in [3.05, 3.63) is 88.4 Å². The minimum absolute atomic E-state index is 0.0128. The van der Waals surface area contributed by atoms with Gasteiger partial charge >= 0.3 is 0 Å². The van der Waals surface area contributed by atoms with Crippen LogP contribution >= 0.6 is 11.3 Å². The summed E-state index contributed by atoms with van der Waals surface area (Å²) < 4.78 is 6.58. The third kappa shape index (κ3) is 4.74. The van der Waals surface area contributed by atoms with Gasteiger partial charge in [-0.3, -0.25) is 4.79 Å². The van der Waals surface area contributed by atoms with Crippen LogP contribution in [0.15, 0.2) is 71.6 Å². The van der Waals surface area contributed by atoms with E-state index in [1.54, 1.807) is 10.9 Å². The molecule has 1 saturated heterocycles. The molecule has 1 aliphatic carbocycles. The second-order valence-electron chi connectivity index (χ2n) is 9.32. The molecule has 5 rings (SSSR count). The minimum Gasteiger partial charge on any atom is -0.393 e. The van der Waals surface area contributed by atoms with Gasteiger partial charge in [0.15, 0.2) is 0 Å². The number of thiazole rings is 1. The van der Waals surface area contributed by atoms with Gasteiger partial charge in [-0.1, -0.05) is 60.7 Å². The number of nitrogens with one attached hydrogen (secondary N) is 1. The molecule has 1 aromatic heterocycles. The van der Waals surface area contributed by atoms with Gasteiger partial charge in [-0.15, -0.1) is 11.3 Å². The quantitative estimate of drug-likeness (QED) is 0.566. The molecule has 2 heterocycles. The number of aliphatic hydroxyl groups is 1. The van der Waals surface area contributed by atoms with Gasteiger partial charge < -0.3 is 15.2 Å². The molecule has 2 aliphatic rings. The first-order valence-electron chi connectivity index (χ1n) is 11.7. The molecule has 3 aromatic rings. The van der Waals surface area contributed by atoms with Crippen molar-refractivity contribution in [2.45, 2.75) is 55.8 Å². The number of carbonyl (C=O) groups excluding carboxylic acids is 1. The maximum absolute atomic E-state index is 12.7. The zero-order valence-corrected chi connectivity index (χ0v) is 19.4. The summed E-state index contributed by atoms with van der Waals surface area (Å²) in [7, 11) is 0. The summed E-state index contributed by atoms with van der Waals surface area (Å²) in [5, 5.41) is 16.0. The van der Waals surface area contributed by atoms with E-state index in [0.29, 0.717) is 18.7 Å². The first kappa shape index (κ1) is 22.3. The number of ether oxygens (including phenoxy) is 1.